The molecule has 0 spiro atoms. The molecular formula is C22H28N4O. The van der Waals surface area contributed by atoms with E-state index in [0.717, 1.165) is 57.8 Å². The number of carbonyl (C=O) groups is 1. The molecule has 0 unspecified atom stereocenters. The highest BCUT2D eigenvalue weighted by atomic mass is 16.2. The molecule has 2 aliphatic rings. The number of aromatic nitrogens is 1. The second-order valence-electron chi connectivity index (χ2n) is 7.62. The van der Waals surface area contributed by atoms with E-state index in [1.807, 2.05) is 17.2 Å². The molecule has 0 atom stereocenters. The van der Waals surface area contributed by atoms with Gasteiger partial charge in [-0.25, -0.2) is 0 Å². The van der Waals surface area contributed by atoms with Crippen molar-refractivity contribution in [2.24, 2.45) is 0 Å². The third-order valence-electron chi connectivity index (χ3n) is 5.93. The van der Waals surface area contributed by atoms with Gasteiger partial charge >= 0.3 is 0 Å². The highest BCUT2D eigenvalue weighted by Crippen LogP contribution is 2.25. The second-order valence-corrected chi connectivity index (χ2v) is 7.62. The van der Waals surface area contributed by atoms with Gasteiger partial charge in [0.25, 0.3) is 5.91 Å². The number of piperazine rings is 1. The second kappa shape index (κ2) is 7.59. The van der Waals surface area contributed by atoms with Crippen molar-refractivity contribution in [2.45, 2.75) is 26.7 Å². The number of aryl methyl sites for hydroxylation is 1. The van der Waals surface area contributed by atoms with Gasteiger partial charge in [-0.1, -0.05) is 12.1 Å². The van der Waals surface area contributed by atoms with Gasteiger partial charge < -0.3 is 14.7 Å². The van der Waals surface area contributed by atoms with E-state index in [4.69, 9.17) is 0 Å². The van der Waals surface area contributed by atoms with Crippen LogP contribution in [0.2, 0.25) is 0 Å². The van der Waals surface area contributed by atoms with Crippen LogP contribution in [0.25, 0.3) is 0 Å². The topological polar surface area (TPSA) is 39.7 Å². The lowest BCUT2D eigenvalue weighted by atomic mass is 10.1. The fraction of sp³-hybridized carbons (Fsp3) is 0.455. The summed E-state index contributed by atoms with van der Waals surface area (Å²) in [7, 11) is 0. The average molecular weight is 364 g/mol. The lowest BCUT2D eigenvalue weighted by molar-refractivity contribution is 0.0792. The Morgan fingerprint density at radius 1 is 0.926 bits per heavy atom. The molecule has 4 rings (SSSR count). The van der Waals surface area contributed by atoms with Gasteiger partial charge in [-0.15, -0.1) is 0 Å². The predicted molar refractivity (Wildman–Crippen MR) is 110 cm³/mol. The summed E-state index contributed by atoms with van der Waals surface area (Å²) in [6.07, 6.45) is 5.81. The fourth-order valence-corrected chi connectivity index (χ4v) is 4.10. The number of nitrogens with zero attached hydrogens (tertiary/aromatic N) is 4. The van der Waals surface area contributed by atoms with Crippen LogP contribution in [-0.4, -0.2) is 55.1 Å². The maximum Gasteiger partial charge on any atom is 0.255 e. The Kier molecular flexibility index (Phi) is 5.01. The Labute approximate surface area is 161 Å². The van der Waals surface area contributed by atoms with Crippen molar-refractivity contribution < 1.29 is 4.79 Å². The van der Waals surface area contributed by atoms with Gasteiger partial charge in [0, 0.05) is 51.2 Å². The lowest BCUT2D eigenvalue weighted by Gasteiger charge is -2.38. The number of amides is 1. The maximum atomic E-state index is 12.6. The van der Waals surface area contributed by atoms with E-state index in [1.54, 1.807) is 6.20 Å². The third-order valence-corrected chi connectivity index (χ3v) is 5.93. The first kappa shape index (κ1) is 17.8. The van der Waals surface area contributed by atoms with E-state index < -0.39 is 0 Å². The Hall–Kier alpha value is -2.56. The molecule has 5 nitrogen and oxygen atoms in total. The van der Waals surface area contributed by atoms with Crippen LogP contribution in [0.5, 0.6) is 0 Å². The molecule has 5 heteroatoms. The summed E-state index contributed by atoms with van der Waals surface area (Å²) in [6.45, 7) is 9.96. The summed E-state index contributed by atoms with van der Waals surface area (Å²) in [5.74, 6) is 0.121. The molecule has 1 aromatic heterocycles. The molecule has 2 saturated heterocycles. The van der Waals surface area contributed by atoms with Gasteiger partial charge in [0.05, 0.1) is 17.4 Å². The highest BCUT2D eigenvalue weighted by Gasteiger charge is 2.22. The van der Waals surface area contributed by atoms with Gasteiger partial charge in [0.2, 0.25) is 0 Å². The van der Waals surface area contributed by atoms with Gasteiger partial charge in [-0.2, -0.15) is 0 Å². The van der Waals surface area contributed by atoms with Crippen molar-refractivity contribution in [3.8, 4) is 0 Å². The molecule has 27 heavy (non-hydrogen) atoms. The molecule has 2 fully saturated rings. The summed E-state index contributed by atoms with van der Waals surface area (Å²) < 4.78 is 0. The monoisotopic (exact) mass is 364 g/mol. The summed E-state index contributed by atoms with van der Waals surface area (Å²) in [5.41, 5.74) is 5.82. The standard InChI is InChI=1S/C22H28N4O/c1-17-6-5-7-21(18(17)2)25-12-10-24(11-13-25)20-14-19(15-23-16-20)22(27)26-8-3-4-9-26/h5-7,14-16H,3-4,8-13H2,1-2H3. The van der Waals surface area contributed by atoms with E-state index in [9.17, 15) is 4.79 Å². The molecule has 0 radical (unpaired) electrons. The first-order valence-electron chi connectivity index (χ1n) is 9.94. The summed E-state index contributed by atoms with van der Waals surface area (Å²) in [5, 5.41) is 0. The van der Waals surface area contributed by atoms with E-state index in [1.165, 1.54) is 16.8 Å². The van der Waals surface area contributed by atoms with Crippen LogP contribution in [0.1, 0.15) is 34.3 Å². The predicted octanol–water partition coefficient (Wildman–Crippen LogP) is 3.26. The van der Waals surface area contributed by atoms with Gasteiger partial charge in [-0.3, -0.25) is 9.78 Å². The molecular weight excluding hydrogens is 336 g/mol. The normalized spacial score (nSPS) is 17.5. The Balaban J connectivity index is 1.44. The van der Waals surface area contributed by atoms with Gasteiger partial charge in [0.15, 0.2) is 0 Å². The Bertz CT molecular complexity index is 821. The molecule has 0 N–H and O–H groups in total. The molecule has 3 heterocycles. The average Bonchev–Trinajstić information content (AvgIpc) is 3.25. The molecule has 0 bridgehead atoms. The lowest BCUT2D eigenvalue weighted by Crippen LogP contribution is -2.47. The quantitative estimate of drug-likeness (QED) is 0.838. The zero-order valence-corrected chi connectivity index (χ0v) is 16.3. The molecule has 2 aliphatic heterocycles. The van der Waals surface area contributed by atoms with Crippen molar-refractivity contribution in [1.29, 1.82) is 0 Å². The number of pyridine rings is 1. The molecule has 0 saturated carbocycles. The minimum absolute atomic E-state index is 0.121. The van der Waals surface area contributed by atoms with Crippen LogP contribution < -0.4 is 9.80 Å². The van der Waals surface area contributed by atoms with Gasteiger partial charge in [0.1, 0.15) is 0 Å². The number of likely N-dealkylation sites (tertiary alicyclic amines) is 1. The number of benzene rings is 1. The van der Waals surface area contributed by atoms with Crippen molar-refractivity contribution in [2.75, 3.05) is 49.1 Å². The number of carbonyl (C=O) groups excluding carboxylic acids is 1. The Morgan fingerprint density at radius 2 is 1.63 bits per heavy atom. The number of anilines is 2. The first-order chi connectivity index (χ1) is 13.1. The van der Waals surface area contributed by atoms with Gasteiger partial charge in [-0.05, 0) is 49.9 Å². The number of hydrogen-bond donors (Lipinski definition) is 0. The summed E-state index contributed by atoms with van der Waals surface area (Å²) >= 11 is 0. The van der Waals surface area contributed by atoms with Crippen LogP contribution >= 0.6 is 0 Å². The van der Waals surface area contributed by atoms with E-state index in [0.29, 0.717) is 5.56 Å². The number of hydrogen-bond acceptors (Lipinski definition) is 4. The van der Waals surface area contributed by atoms with Crippen molar-refractivity contribution in [3.63, 3.8) is 0 Å². The van der Waals surface area contributed by atoms with Crippen molar-refractivity contribution in [1.82, 2.24) is 9.88 Å². The van der Waals surface area contributed by atoms with E-state index in [2.05, 4.69) is 46.8 Å². The minimum atomic E-state index is 0.121. The SMILES string of the molecule is Cc1cccc(N2CCN(c3cncc(C(=O)N4CCCC4)c3)CC2)c1C. The van der Waals surface area contributed by atoms with Crippen LogP contribution in [0, 0.1) is 13.8 Å². The maximum absolute atomic E-state index is 12.6. The van der Waals surface area contributed by atoms with E-state index >= 15 is 0 Å². The van der Waals surface area contributed by atoms with Crippen molar-refractivity contribution >= 4 is 17.3 Å². The highest BCUT2D eigenvalue weighted by molar-refractivity contribution is 5.95. The number of rotatable bonds is 3. The fourth-order valence-electron chi connectivity index (χ4n) is 4.10. The van der Waals surface area contributed by atoms with Crippen LogP contribution in [0.15, 0.2) is 36.7 Å². The smallest absolute Gasteiger partial charge is 0.255 e. The zero-order valence-electron chi connectivity index (χ0n) is 16.3. The summed E-state index contributed by atoms with van der Waals surface area (Å²) in [6, 6.07) is 8.54. The molecule has 1 amide bonds. The minimum Gasteiger partial charge on any atom is -0.368 e. The van der Waals surface area contributed by atoms with E-state index in [-0.39, 0.29) is 5.91 Å². The van der Waals surface area contributed by atoms with Crippen LogP contribution in [-0.2, 0) is 0 Å². The molecule has 142 valence electrons. The van der Waals surface area contributed by atoms with Crippen LogP contribution in [0.4, 0.5) is 11.4 Å². The zero-order chi connectivity index (χ0) is 18.8. The van der Waals surface area contributed by atoms with Crippen molar-refractivity contribution in [3.05, 3.63) is 53.3 Å². The molecule has 1 aromatic carbocycles. The molecule has 2 aromatic rings. The third kappa shape index (κ3) is 3.64. The molecule has 0 aliphatic carbocycles. The first-order valence-corrected chi connectivity index (χ1v) is 9.94. The summed E-state index contributed by atoms with van der Waals surface area (Å²) in [4.78, 5) is 23.8. The Morgan fingerprint density at radius 3 is 2.37 bits per heavy atom. The van der Waals surface area contributed by atoms with Crippen LogP contribution in [0.3, 0.4) is 0 Å². The largest absolute Gasteiger partial charge is 0.368 e.